The average Bonchev–Trinajstić information content (AvgIpc) is 2.91. The highest BCUT2D eigenvalue weighted by molar-refractivity contribution is 5.94. The van der Waals surface area contributed by atoms with E-state index in [1.807, 2.05) is 54.6 Å². The Morgan fingerprint density at radius 3 is 2.55 bits per heavy atom. The maximum Gasteiger partial charge on any atom is 0.339 e. The van der Waals surface area contributed by atoms with Crippen LogP contribution in [0.4, 0.5) is 0 Å². The van der Waals surface area contributed by atoms with Crippen LogP contribution in [0.1, 0.15) is 33.7 Å². The summed E-state index contributed by atoms with van der Waals surface area (Å²) >= 11 is 0. The number of cyclic esters (lactones) is 1. The second kappa shape index (κ2) is 4.97. The van der Waals surface area contributed by atoms with Gasteiger partial charge in [0.2, 0.25) is 0 Å². The minimum absolute atomic E-state index is 0.375. The first-order chi connectivity index (χ1) is 10.8. The third-order valence-electron chi connectivity index (χ3n) is 4.15. The Hall–Kier alpha value is -2.65. The Kier molecular flexibility index (Phi) is 2.94. The third kappa shape index (κ3) is 1.90. The highest BCUT2D eigenvalue weighted by Gasteiger charge is 2.36. The van der Waals surface area contributed by atoms with Crippen molar-refractivity contribution in [3.8, 4) is 0 Å². The van der Waals surface area contributed by atoms with Gasteiger partial charge in [-0.3, -0.25) is 0 Å². The Morgan fingerprint density at radius 2 is 1.64 bits per heavy atom. The molecule has 1 heterocycles. The molecular weight excluding hydrogens is 276 g/mol. The van der Waals surface area contributed by atoms with Crippen LogP contribution in [0.25, 0.3) is 10.8 Å². The zero-order valence-electron chi connectivity index (χ0n) is 11.8. The lowest BCUT2D eigenvalue weighted by Gasteiger charge is -2.20. The molecule has 0 saturated heterocycles. The predicted molar refractivity (Wildman–Crippen MR) is 83.5 cm³/mol. The molecule has 0 aliphatic carbocycles. The van der Waals surface area contributed by atoms with E-state index in [0.29, 0.717) is 5.56 Å². The Bertz CT molecular complexity index is 864. The number of aliphatic hydroxyl groups is 1. The maximum absolute atomic E-state index is 11.9. The fourth-order valence-electron chi connectivity index (χ4n) is 3.08. The lowest BCUT2D eigenvalue weighted by atomic mass is 9.93. The molecule has 22 heavy (non-hydrogen) atoms. The predicted octanol–water partition coefficient (Wildman–Crippen LogP) is 3.78. The van der Waals surface area contributed by atoms with Crippen LogP contribution in [0.5, 0.6) is 0 Å². The second-order valence-electron chi connectivity index (χ2n) is 5.43. The van der Waals surface area contributed by atoms with Gasteiger partial charge in [0.1, 0.15) is 6.10 Å². The molecule has 0 fully saturated rings. The van der Waals surface area contributed by atoms with Gasteiger partial charge in [-0.15, -0.1) is 0 Å². The SMILES string of the molecule is O=C1OC(C(O)c2cccc3ccccc23)c2ccccc21. The molecule has 0 radical (unpaired) electrons. The van der Waals surface area contributed by atoms with E-state index >= 15 is 0 Å². The van der Waals surface area contributed by atoms with E-state index in [1.54, 1.807) is 12.1 Å². The third-order valence-corrected chi connectivity index (χ3v) is 4.15. The number of rotatable bonds is 2. The van der Waals surface area contributed by atoms with Crippen LogP contribution in [-0.4, -0.2) is 11.1 Å². The van der Waals surface area contributed by atoms with Crippen LogP contribution in [0.3, 0.4) is 0 Å². The minimum atomic E-state index is -0.890. The minimum Gasteiger partial charge on any atom is -0.451 e. The number of benzene rings is 3. The Balaban J connectivity index is 1.82. The molecule has 0 saturated carbocycles. The van der Waals surface area contributed by atoms with Gasteiger partial charge in [-0.1, -0.05) is 60.7 Å². The monoisotopic (exact) mass is 290 g/mol. The Labute approximate surface area is 127 Å². The second-order valence-corrected chi connectivity index (χ2v) is 5.43. The number of fused-ring (bicyclic) bond motifs is 2. The fraction of sp³-hybridized carbons (Fsp3) is 0.105. The van der Waals surface area contributed by atoms with Gasteiger partial charge < -0.3 is 9.84 Å². The van der Waals surface area contributed by atoms with Gasteiger partial charge >= 0.3 is 5.97 Å². The van der Waals surface area contributed by atoms with Crippen LogP contribution >= 0.6 is 0 Å². The van der Waals surface area contributed by atoms with E-state index in [1.165, 1.54) is 0 Å². The van der Waals surface area contributed by atoms with Crippen molar-refractivity contribution in [3.63, 3.8) is 0 Å². The van der Waals surface area contributed by atoms with Crippen LogP contribution in [0.15, 0.2) is 66.7 Å². The summed E-state index contributed by atoms with van der Waals surface area (Å²) in [6, 6.07) is 20.9. The summed E-state index contributed by atoms with van der Waals surface area (Å²) in [5, 5.41) is 12.8. The highest BCUT2D eigenvalue weighted by atomic mass is 16.6. The van der Waals surface area contributed by atoms with Crippen LogP contribution in [0, 0.1) is 0 Å². The summed E-state index contributed by atoms with van der Waals surface area (Å²) in [6.45, 7) is 0. The largest absolute Gasteiger partial charge is 0.451 e. The topological polar surface area (TPSA) is 46.5 Å². The van der Waals surface area contributed by atoms with Crippen molar-refractivity contribution in [2.24, 2.45) is 0 Å². The number of ether oxygens (including phenoxy) is 1. The maximum atomic E-state index is 11.9. The van der Waals surface area contributed by atoms with E-state index in [0.717, 1.165) is 21.9 Å². The first kappa shape index (κ1) is 13.0. The van der Waals surface area contributed by atoms with Crippen LogP contribution < -0.4 is 0 Å². The normalized spacial score (nSPS) is 18.0. The number of hydrogen-bond donors (Lipinski definition) is 1. The smallest absolute Gasteiger partial charge is 0.339 e. The molecular formula is C19H14O3. The number of carbonyl (C=O) groups is 1. The molecule has 0 aromatic heterocycles. The first-order valence-electron chi connectivity index (χ1n) is 7.21. The molecule has 3 nitrogen and oxygen atoms in total. The van der Waals surface area contributed by atoms with Crippen molar-refractivity contribution >= 4 is 16.7 Å². The molecule has 3 heteroatoms. The summed E-state index contributed by atoms with van der Waals surface area (Å²) in [5.74, 6) is -0.375. The van der Waals surface area contributed by atoms with Gasteiger partial charge in [0.25, 0.3) is 0 Å². The lowest BCUT2D eigenvalue weighted by Crippen LogP contribution is -2.11. The van der Waals surface area contributed by atoms with Crippen molar-refractivity contribution in [1.82, 2.24) is 0 Å². The van der Waals surface area contributed by atoms with E-state index in [-0.39, 0.29) is 5.97 Å². The van der Waals surface area contributed by atoms with E-state index in [9.17, 15) is 9.90 Å². The van der Waals surface area contributed by atoms with Gasteiger partial charge in [0.05, 0.1) is 5.56 Å². The molecule has 0 bridgehead atoms. The van der Waals surface area contributed by atoms with E-state index < -0.39 is 12.2 Å². The molecule has 108 valence electrons. The van der Waals surface area contributed by atoms with E-state index in [4.69, 9.17) is 4.74 Å². The zero-order chi connectivity index (χ0) is 15.1. The van der Waals surface area contributed by atoms with Gasteiger partial charge in [0.15, 0.2) is 6.10 Å². The Morgan fingerprint density at radius 1 is 0.909 bits per heavy atom. The molecule has 2 atom stereocenters. The zero-order valence-corrected chi connectivity index (χ0v) is 11.8. The molecule has 0 amide bonds. The van der Waals surface area contributed by atoms with Gasteiger partial charge in [-0.05, 0) is 22.4 Å². The number of aliphatic hydroxyl groups excluding tert-OH is 1. The molecule has 4 rings (SSSR count). The molecule has 1 N–H and O–H groups in total. The fourth-order valence-corrected chi connectivity index (χ4v) is 3.08. The standard InChI is InChI=1S/C19H14O3/c20-17(14-11-5-7-12-6-1-2-8-13(12)14)18-15-9-3-4-10-16(15)19(21)22-18/h1-11,17-18,20H. The van der Waals surface area contributed by atoms with Crippen molar-refractivity contribution in [2.75, 3.05) is 0 Å². The van der Waals surface area contributed by atoms with Crippen molar-refractivity contribution in [1.29, 1.82) is 0 Å². The van der Waals surface area contributed by atoms with Crippen LogP contribution in [0.2, 0.25) is 0 Å². The number of hydrogen-bond acceptors (Lipinski definition) is 3. The number of esters is 1. The van der Waals surface area contributed by atoms with Gasteiger partial charge in [0, 0.05) is 5.56 Å². The average molecular weight is 290 g/mol. The molecule has 1 aliphatic rings. The van der Waals surface area contributed by atoms with Gasteiger partial charge in [-0.2, -0.15) is 0 Å². The van der Waals surface area contributed by atoms with Crippen LogP contribution in [-0.2, 0) is 4.74 Å². The molecule has 3 aromatic carbocycles. The summed E-state index contributed by atoms with van der Waals surface area (Å²) in [4.78, 5) is 11.9. The lowest BCUT2D eigenvalue weighted by molar-refractivity contribution is -0.00973. The van der Waals surface area contributed by atoms with Crippen molar-refractivity contribution in [3.05, 3.63) is 83.4 Å². The highest BCUT2D eigenvalue weighted by Crippen LogP contribution is 2.41. The van der Waals surface area contributed by atoms with Crippen molar-refractivity contribution in [2.45, 2.75) is 12.2 Å². The molecule has 3 aromatic rings. The molecule has 1 aliphatic heterocycles. The summed E-state index contributed by atoms with van der Waals surface area (Å²) in [7, 11) is 0. The summed E-state index contributed by atoms with van der Waals surface area (Å²) in [5.41, 5.74) is 2.05. The number of carbonyl (C=O) groups excluding carboxylic acids is 1. The van der Waals surface area contributed by atoms with Gasteiger partial charge in [-0.25, -0.2) is 4.79 Å². The summed E-state index contributed by atoms with van der Waals surface area (Å²) < 4.78 is 5.41. The molecule has 2 unspecified atom stereocenters. The van der Waals surface area contributed by atoms with Crippen molar-refractivity contribution < 1.29 is 14.6 Å². The first-order valence-corrected chi connectivity index (χ1v) is 7.21. The molecule has 0 spiro atoms. The van der Waals surface area contributed by atoms with E-state index in [2.05, 4.69) is 0 Å². The summed E-state index contributed by atoms with van der Waals surface area (Å²) in [6.07, 6.45) is -1.55. The quantitative estimate of drug-likeness (QED) is 0.730.